The molecule has 6 nitrogen and oxygen atoms in total. The Hall–Kier alpha value is -1.76. The van der Waals surface area contributed by atoms with Gasteiger partial charge in [0, 0.05) is 11.4 Å². The number of aryl methyl sites for hydroxylation is 3. The van der Waals surface area contributed by atoms with Crippen LogP contribution in [0.4, 0.5) is 0 Å². The maximum atomic E-state index is 12.2. The first kappa shape index (κ1) is 15.6. The average Bonchev–Trinajstić information content (AvgIpc) is 2.97. The SMILES string of the molecule is CCCn1ncnc1C(C)NC(=O)Cc1sc(C)nc1C. The first-order valence-electron chi connectivity index (χ1n) is 7.11. The lowest BCUT2D eigenvalue weighted by molar-refractivity contribution is -0.121. The van der Waals surface area contributed by atoms with Crippen LogP contribution in [-0.2, 0) is 17.8 Å². The maximum absolute atomic E-state index is 12.2. The monoisotopic (exact) mass is 307 g/mol. The van der Waals surface area contributed by atoms with E-state index in [0.717, 1.165) is 34.4 Å². The zero-order valence-corrected chi connectivity index (χ0v) is 13.7. The van der Waals surface area contributed by atoms with Gasteiger partial charge in [0.1, 0.15) is 12.2 Å². The number of aromatic nitrogens is 4. The van der Waals surface area contributed by atoms with Gasteiger partial charge < -0.3 is 5.32 Å². The van der Waals surface area contributed by atoms with E-state index in [4.69, 9.17) is 0 Å². The van der Waals surface area contributed by atoms with Crippen molar-refractivity contribution in [1.29, 1.82) is 0 Å². The molecular weight excluding hydrogens is 286 g/mol. The molecule has 0 aliphatic heterocycles. The Morgan fingerprint density at radius 3 is 2.86 bits per heavy atom. The van der Waals surface area contributed by atoms with Gasteiger partial charge in [0.15, 0.2) is 0 Å². The smallest absolute Gasteiger partial charge is 0.225 e. The molecule has 0 fully saturated rings. The quantitative estimate of drug-likeness (QED) is 0.888. The van der Waals surface area contributed by atoms with Crippen molar-refractivity contribution in [2.24, 2.45) is 0 Å². The van der Waals surface area contributed by atoms with Gasteiger partial charge in [-0.05, 0) is 27.2 Å². The fraction of sp³-hybridized carbons (Fsp3) is 0.571. The largest absolute Gasteiger partial charge is 0.346 e. The summed E-state index contributed by atoms with van der Waals surface area (Å²) >= 11 is 1.57. The van der Waals surface area contributed by atoms with Gasteiger partial charge in [-0.25, -0.2) is 14.6 Å². The van der Waals surface area contributed by atoms with Crippen molar-refractivity contribution in [3.8, 4) is 0 Å². The van der Waals surface area contributed by atoms with Gasteiger partial charge in [-0.2, -0.15) is 5.10 Å². The standard InChI is InChI=1S/C14H21N5OS/c1-5-6-19-14(15-8-16-19)10(3)18-13(20)7-12-9(2)17-11(4)21-12/h8,10H,5-7H2,1-4H3,(H,18,20). The maximum Gasteiger partial charge on any atom is 0.225 e. The Morgan fingerprint density at radius 2 is 2.24 bits per heavy atom. The second-order valence-electron chi connectivity index (χ2n) is 5.05. The first-order valence-corrected chi connectivity index (χ1v) is 7.92. The Balaban J connectivity index is 1.98. The molecule has 0 aromatic carbocycles. The minimum Gasteiger partial charge on any atom is -0.346 e. The molecule has 0 spiro atoms. The van der Waals surface area contributed by atoms with Crippen LogP contribution in [0.15, 0.2) is 6.33 Å². The molecule has 7 heteroatoms. The second kappa shape index (κ2) is 6.80. The zero-order valence-electron chi connectivity index (χ0n) is 12.9. The molecule has 0 aliphatic carbocycles. The predicted octanol–water partition coefficient (Wildman–Crippen LogP) is 2.18. The second-order valence-corrected chi connectivity index (χ2v) is 6.34. The molecule has 2 heterocycles. The van der Waals surface area contributed by atoms with Gasteiger partial charge in [0.25, 0.3) is 0 Å². The third-order valence-electron chi connectivity index (χ3n) is 3.17. The summed E-state index contributed by atoms with van der Waals surface area (Å²) in [4.78, 5) is 21.8. The van der Waals surface area contributed by atoms with Crippen molar-refractivity contribution in [2.45, 2.75) is 53.1 Å². The van der Waals surface area contributed by atoms with Crippen LogP contribution >= 0.6 is 11.3 Å². The highest BCUT2D eigenvalue weighted by molar-refractivity contribution is 7.11. The fourth-order valence-corrected chi connectivity index (χ4v) is 3.17. The number of carbonyl (C=O) groups is 1. The minimum absolute atomic E-state index is 0.0136. The predicted molar refractivity (Wildman–Crippen MR) is 82.2 cm³/mol. The molecule has 1 atom stereocenters. The van der Waals surface area contributed by atoms with Crippen LogP contribution in [0.5, 0.6) is 0 Å². The number of thiazole rings is 1. The van der Waals surface area contributed by atoms with Gasteiger partial charge >= 0.3 is 0 Å². The Kier molecular flexibility index (Phi) is 5.06. The van der Waals surface area contributed by atoms with Crippen LogP contribution in [-0.4, -0.2) is 25.7 Å². The van der Waals surface area contributed by atoms with Crippen LogP contribution in [0.2, 0.25) is 0 Å². The molecule has 0 bridgehead atoms. The van der Waals surface area contributed by atoms with E-state index in [1.165, 1.54) is 6.33 Å². The van der Waals surface area contributed by atoms with Crippen molar-refractivity contribution >= 4 is 17.2 Å². The van der Waals surface area contributed by atoms with Crippen molar-refractivity contribution in [2.75, 3.05) is 0 Å². The van der Waals surface area contributed by atoms with Crippen molar-refractivity contribution in [3.63, 3.8) is 0 Å². The third-order valence-corrected chi connectivity index (χ3v) is 4.24. The molecule has 2 aromatic rings. The molecule has 0 saturated carbocycles. The van der Waals surface area contributed by atoms with E-state index >= 15 is 0 Å². The highest BCUT2D eigenvalue weighted by Gasteiger charge is 2.17. The molecule has 1 unspecified atom stereocenters. The summed E-state index contributed by atoms with van der Waals surface area (Å²) in [5, 5.41) is 8.16. The van der Waals surface area contributed by atoms with Crippen LogP contribution in [0.25, 0.3) is 0 Å². The summed E-state index contributed by atoms with van der Waals surface area (Å²) in [7, 11) is 0. The highest BCUT2D eigenvalue weighted by Crippen LogP contribution is 2.18. The lowest BCUT2D eigenvalue weighted by Gasteiger charge is -2.14. The molecule has 1 N–H and O–H groups in total. The Bertz CT molecular complexity index is 619. The number of hydrogen-bond donors (Lipinski definition) is 1. The van der Waals surface area contributed by atoms with Crippen LogP contribution < -0.4 is 5.32 Å². The van der Waals surface area contributed by atoms with E-state index in [1.807, 2.05) is 25.5 Å². The summed E-state index contributed by atoms with van der Waals surface area (Å²) < 4.78 is 1.84. The molecule has 2 rings (SSSR count). The number of carbonyl (C=O) groups excluding carboxylic acids is 1. The number of hydrogen-bond acceptors (Lipinski definition) is 5. The summed E-state index contributed by atoms with van der Waals surface area (Å²) in [5.74, 6) is 0.780. The molecular formula is C14H21N5OS. The van der Waals surface area contributed by atoms with Gasteiger partial charge in [-0.1, -0.05) is 6.92 Å². The van der Waals surface area contributed by atoms with Crippen molar-refractivity contribution in [3.05, 3.63) is 27.7 Å². The normalized spacial score (nSPS) is 12.4. The summed E-state index contributed by atoms with van der Waals surface area (Å²) in [6.45, 7) is 8.72. The van der Waals surface area contributed by atoms with Crippen LogP contribution in [0.3, 0.4) is 0 Å². The molecule has 0 aliphatic rings. The van der Waals surface area contributed by atoms with E-state index in [1.54, 1.807) is 11.3 Å². The molecule has 0 saturated heterocycles. The van der Waals surface area contributed by atoms with Crippen LogP contribution in [0, 0.1) is 13.8 Å². The lowest BCUT2D eigenvalue weighted by Crippen LogP contribution is -2.30. The van der Waals surface area contributed by atoms with E-state index in [0.29, 0.717) is 6.42 Å². The summed E-state index contributed by atoms with van der Waals surface area (Å²) in [6, 6.07) is -0.152. The van der Waals surface area contributed by atoms with E-state index in [9.17, 15) is 4.79 Å². The summed E-state index contributed by atoms with van der Waals surface area (Å²) in [5.41, 5.74) is 0.939. The Morgan fingerprint density at radius 1 is 1.48 bits per heavy atom. The van der Waals surface area contributed by atoms with Gasteiger partial charge in [0.2, 0.25) is 5.91 Å². The summed E-state index contributed by atoms with van der Waals surface area (Å²) in [6.07, 6.45) is 2.88. The van der Waals surface area contributed by atoms with E-state index < -0.39 is 0 Å². The van der Waals surface area contributed by atoms with Gasteiger partial charge in [-0.15, -0.1) is 11.3 Å². The molecule has 2 aromatic heterocycles. The number of amides is 1. The Labute approximate surface area is 128 Å². The molecule has 114 valence electrons. The van der Waals surface area contributed by atoms with Gasteiger partial charge in [0.05, 0.1) is 23.2 Å². The molecule has 21 heavy (non-hydrogen) atoms. The number of nitrogens with one attached hydrogen (secondary N) is 1. The van der Waals surface area contributed by atoms with Crippen molar-refractivity contribution in [1.82, 2.24) is 25.1 Å². The first-order chi connectivity index (χ1) is 10.0. The fourth-order valence-electron chi connectivity index (χ4n) is 2.23. The average molecular weight is 307 g/mol. The number of nitrogens with zero attached hydrogens (tertiary/aromatic N) is 4. The molecule has 1 amide bonds. The highest BCUT2D eigenvalue weighted by atomic mass is 32.1. The van der Waals surface area contributed by atoms with Crippen molar-refractivity contribution < 1.29 is 4.79 Å². The third kappa shape index (κ3) is 3.87. The van der Waals surface area contributed by atoms with Gasteiger partial charge in [-0.3, -0.25) is 4.79 Å². The lowest BCUT2D eigenvalue weighted by atomic mass is 10.2. The van der Waals surface area contributed by atoms with Crippen LogP contribution in [0.1, 0.15) is 47.7 Å². The van der Waals surface area contributed by atoms with E-state index in [-0.39, 0.29) is 11.9 Å². The topological polar surface area (TPSA) is 72.7 Å². The number of rotatable bonds is 6. The van der Waals surface area contributed by atoms with E-state index in [2.05, 4.69) is 27.3 Å². The molecule has 0 radical (unpaired) electrons. The zero-order chi connectivity index (χ0) is 15.4. The minimum atomic E-state index is -0.152.